The zero-order valence-corrected chi connectivity index (χ0v) is 13.2. The second-order valence-electron chi connectivity index (χ2n) is 5.52. The zero-order chi connectivity index (χ0) is 16.3. The van der Waals surface area contributed by atoms with Gasteiger partial charge in [-0.15, -0.1) is 0 Å². The molecule has 1 fully saturated rings. The first-order valence-electron chi connectivity index (χ1n) is 7.03. The second-order valence-corrected chi connectivity index (χ2v) is 5.52. The average molecular weight is 307 g/mol. The SMILES string of the molecule is COC(=O)[C@H]1C[C@@](C)(C(=O)OC)N[C@H]1c1ccccc1OC. The summed E-state index contributed by atoms with van der Waals surface area (Å²) < 4.78 is 15.1. The third-order valence-corrected chi connectivity index (χ3v) is 4.12. The number of rotatable bonds is 4. The molecule has 1 aliphatic heterocycles. The van der Waals surface area contributed by atoms with Gasteiger partial charge in [-0.3, -0.25) is 14.9 Å². The molecule has 22 heavy (non-hydrogen) atoms. The Kier molecular flexibility index (Phi) is 4.71. The van der Waals surface area contributed by atoms with Crippen LogP contribution in [0.5, 0.6) is 5.75 Å². The monoisotopic (exact) mass is 307 g/mol. The van der Waals surface area contributed by atoms with Crippen molar-refractivity contribution in [3.05, 3.63) is 29.8 Å². The Morgan fingerprint density at radius 2 is 1.86 bits per heavy atom. The summed E-state index contributed by atoms with van der Waals surface area (Å²) in [6.45, 7) is 1.73. The predicted octanol–water partition coefficient (Wildman–Crippen LogP) is 1.45. The van der Waals surface area contributed by atoms with E-state index in [9.17, 15) is 9.59 Å². The Labute approximate surface area is 129 Å². The molecule has 6 heteroatoms. The van der Waals surface area contributed by atoms with Gasteiger partial charge in [-0.1, -0.05) is 18.2 Å². The Hall–Kier alpha value is -2.08. The Balaban J connectivity index is 2.42. The summed E-state index contributed by atoms with van der Waals surface area (Å²) in [5, 5.41) is 3.22. The van der Waals surface area contributed by atoms with E-state index in [0.717, 1.165) is 5.56 Å². The van der Waals surface area contributed by atoms with Crippen molar-refractivity contribution in [3.8, 4) is 5.75 Å². The van der Waals surface area contributed by atoms with Crippen LogP contribution < -0.4 is 10.1 Å². The van der Waals surface area contributed by atoms with E-state index >= 15 is 0 Å². The minimum absolute atomic E-state index is 0.301. The summed E-state index contributed by atoms with van der Waals surface area (Å²) in [6.07, 6.45) is 0.301. The second kappa shape index (κ2) is 6.36. The van der Waals surface area contributed by atoms with Gasteiger partial charge in [-0.25, -0.2) is 0 Å². The van der Waals surface area contributed by atoms with Gasteiger partial charge in [-0.05, 0) is 19.4 Å². The van der Waals surface area contributed by atoms with E-state index < -0.39 is 17.4 Å². The quantitative estimate of drug-likeness (QED) is 0.849. The fraction of sp³-hybridized carbons (Fsp3) is 0.500. The highest BCUT2D eigenvalue weighted by Gasteiger charge is 2.51. The van der Waals surface area contributed by atoms with Gasteiger partial charge in [0.15, 0.2) is 0 Å². The Morgan fingerprint density at radius 3 is 2.45 bits per heavy atom. The van der Waals surface area contributed by atoms with Crippen LogP contribution in [0.4, 0.5) is 0 Å². The van der Waals surface area contributed by atoms with Crippen molar-refractivity contribution in [2.24, 2.45) is 5.92 Å². The van der Waals surface area contributed by atoms with Gasteiger partial charge in [0.1, 0.15) is 11.3 Å². The van der Waals surface area contributed by atoms with Crippen LogP contribution in [-0.2, 0) is 19.1 Å². The maximum absolute atomic E-state index is 12.1. The van der Waals surface area contributed by atoms with Crippen molar-refractivity contribution in [1.82, 2.24) is 5.32 Å². The molecule has 0 aromatic heterocycles. The van der Waals surface area contributed by atoms with Gasteiger partial charge in [-0.2, -0.15) is 0 Å². The molecule has 1 N–H and O–H groups in total. The number of hydrogen-bond acceptors (Lipinski definition) is 6. The standard InChI is InChI=1S/C16H21NO5/c1-16(15(19)22-4)9-11(14(18)21-3)13(17-16)10-7-5-6-8-12(10)20-2/h5-8,11,13,17H,9H2,1-4H3/t11-,13-,16-/m0/s1. The van der Waals surface area contributed by atoms with Crippen LogP contribution in [-0.4, -0.2) is 38.8 Å². The highest BCUT2D eigenvalue weighted by atomic mass is 16.5. The number of ether oxygens (including phenoxy) is 3. The lowest BCUT2D eigenvalue weighted by atomic mass is 9.90. The topological polar surface area (TPSA) is 73.9 Å². The van der Waals surface area contributed by atoms with Gasteiger partial charge in [0.05, 0.1) is 33.3 Å². The number of carbonyl (C=O) groups is 2. The van der Waals surface area contributed by atoms with Gasteiger partial charge in [0.25, 0.3) is 0 Å². The number of esters is 2. The molecule has 1 heterocycles. The van der Waals surface area contributed by atoms with Gasteiger partial charge < -0.3 is 14.2 Å². The van der Waals surface area contributed by atoms with Crippen LogP contribution in [0.1, 0.15) is 24.9 Å². The van der Waals surface area contributed by atoms with Crippen LogP contribution in [0.25, 0.3) is 0 Å². The zero-order valence-electron chi connectivity index (χ0n) is 13.2. The first-order valence-corrected chi connectivity index (χ1v) is 7.03. The lowest BCUT2D eigenvalue weighted by molar-refractivity contribution is -0.148. The molecule has 0 amide bonds. The number of nitrogens with one attached hydrogen (secondary N) is 1. The summed E-state index contributed by atoms with van der Waals surface area (Å²) in [5.74, 6) is -0.608. The fourth-order valence-electron chi connectivity index (χ4n) is 3.02. The largest absolute Gasteiger partial charge is 0.496 e. The molecule has 1 saturated heterocycles. The fourth-order valence-corrected chi connectivity index (χ4v) is 3.02. The molecule has 0 saturated carbocycles. The van der Waals surface area contributed by atoms with E-state index in [1.54, 1.807) is 14.0 Å². The lowest BCUT2D eigenvalue weighted by Crippen LogP contribution is -2.46. The number of hydrogen-bond donors (Lipinski definition) is 1. The van der Waals surface area contributed by atoms with Crippen molar-refractivity contribution in [1.29, 1.82) is 0 Å². The van der Waals surface area contributed by atoms with E-state index in [1.165, 1.54) is 14.2 Å². The van der Waals surface area contributed by atoms with E-state index in [0.29, 0.717) is 12.2 Å². The minimum Gasteiger partial charge on any atom is -0.496 e. The van der Waals surface area contributed by atoms with Crippen molar-refractivity contribution >= 4 is 11.9 Å². The molecule has 0 bridgehead atoms. The Bertz CT molecular complexity index is 573. The van der Waals surface area contributed by atoms with Crippen LogP contribution in [0.3, 0.4) is 0 Å². The van der Waals surface area contributed by atoms with E-state index in [2.05, 4.69) is 5.32 Å². The van der Waals surface area contributed by atoms with Crippen molar-refractivity contribution in [3.63, 3.8) is 0 Å². The summed E-state index contributed by atoms with van der Waals surface area (Å²) in [6, 6.07) is 7.02. The van der Waals surface area contributed by atoms with Crippen molar-refractivity contribution < 1.29 is 23.8 Å². The van der Waals surface area contributed by atoms with Gasteiger partial charge in [0.2, 0.25) is 0 Å². The molecule has 0 radical (unpaired) electrons. The predicted molar refractivity (Wildman–Crippen MR) is 79.4 cm³/mol. The lowest BCUT2D eigenvalue weighted by Gasteiger charge is -2.23. The summed E-state index contributed by atoms with van der Waals surface area (Å²) in [4.78, 5) is 24.2. The number of para-hydroxylation sites is 1. The van der Waals surface area contributed by atoms with Crippen molar-refractivity contribution in [2.75, 3.05) is 21.3 Å². The third kappa shape index (κ3) is 2.78. The number of methoxy groups -OCH3 is 3. The molecule has 0 aliphatic carbocycles. The van der Waals surface area contributed by atoms with Crippen molar-refractivity contribution in [2.45, 2.75) is 24.9 Å². The minimum atomic E-state index is -0.945. The highest BCUT2D eigenvalue weighted by Crippen LogP contribution is 2.42. The first kappa shape index (κ1) is 16.3. The first-order chi connectivity index (χ1) is 10.5. The summed E-state index contributed by atoms with van der Waals surface area (Å²) >= 11 is 0. The molecule has 1 aliphatic rings. The molecule has 0 spiro atoms. The maximum Gasteiger partial charge on any atom is 0.325 e. The maximum atomic E-state index is 12.1. The van der Waals surface area contributed by atoms with E-state index in [-0.39, 0.29) is 12.0 Å². The van der Waals surface area contributed by atoms with Crippen LogP contribution in [0.2, 0.25) is 0 Å². The van der Waals surface area contributed by atoms with Crippen LogP contribution in [0, 0.1) is 5.92 Å². The van der Waals surface area contributed by atoms with Crippen LogP contribution >= 0.6 is 0 Å². The Morgan fingerprint density at radius 1 is 1.18 bits per heavy atom. The summed E-state index contributed by atoms with van der Waals surface area (Å²) in [7, 11) is 4.24. The molecule has 1 aromatic rings. The molecule has 0 unspecified atom stereocenters. The summed E-state index contributed by atoms with van der Waals surface area (Å²) in [5.41, 5.74) is -0.132. The molecule has 3 atom stereocenters. The van der Waals surface area contributed by atoms with E-state index in [4.69, 9.17) is 14.2 Å². The molecular weight excluding hydrogens is 286 g/mol. The molecular formula is C16H21NO5. The molecule has 6 nitrogen and oxygen atoms in total. The molecule has 2 rings (SSSR count). The number of benzene rings is 1. The number of carbonyl (C=O) groups excluding carboxylic acids is 2. The van der Waals surface area contributed by atoms with Gasteiger partial charge in [0, 0.05) is 5.56 Å². The smallest absolute Gasteiger partial charge is 0.325 e. The molecule has 1 aromatic carbocycles. The highest BCUT2D eigenvalue weighted by molar-refractivity contribution is 5.84. The van der Waals surface area contributed by atoms with E-state index in [1.807, 2.05) is 24.3 Å². The third-order valence-electron chi connectivity index (χ3n) is 4.12. The van der Waals surface area contributed by atoms with Gasteiger partial charge >= 0.3 is 11.9 Å². The normalized spacial score (nSPS) is 27.3. The average Bonchev–Trinajstić information content (AvgIpc) is 2.92. The van der Waals surface area contributed by atoms with Crippen LogP contribution in [0.15, 0.2) is 24.3 Å². The molecule has 120 valence electrons.